The van der Waals surface area contributed by atoms with Crippen molar-refractivity contribution in [2.45, 2.75) is 37.4 Å². The van der Waals surface area contributed by atoms with Crippen LogP contribution < -0.4 is 0 Å². The highest BCUT2D eigenvalue weighted by atomic mass is 32.2. The molecule has 1 saturated heterocycles. The first-order valence-corrected chi connectivity index (χ1v) is 7.17. The van der Waals surface area contributed by atoms with Gasteiger partial charge in [-0.15, -0.1) is 0 Å². The summed E-state index contributed by atoms with van der Waals surface area (Å²) in [5.41, 5.74) is 0. The molecule has 1 aliphatic heterocycles. The van der Waals surface area contributed by atoms with E-state index in [-0.39, 0.29) is 11.6 Å². The van der Waals surface area contributed by atoms with Gasteiger partial charge >= 0.3 is 5.97 Å². The maximum atomic E-state index is 12.4. The van der Waals surface area contributed by atoms with Crippen molar-refractivity contribution in [2.75, 3.05) is 6.54 Å². The van der Waals surface area contributed by atoms with Gasteiger partial charge in [0.05, 0.1) is 12.5 Å². The van der Waals surface area contributed by atoms with E-state index in [2.05, 4.69) is 4.98 Å². The second-order valence-corrected chi connectivity index (χ2v) is 5.97. The first-order valence-electron chi connectivity index (χ1n) is 5.73. The summed E-state index contributed by atoms with van der Waals surface area (Å²) in [5, 5.41) is 9.10. The second kappa shape index (κ2) is 4.69. The lowest BCUT2D eigenvalue weighted by Crippen LogP contribution is -2.41. The van der Waals surface area contributed by atoms with Crippen LogP contribution in [0.2, 0.25) is 0 Å². The van der Waals surface area contributed by atoms with Gasteiger partial charge in [0, 0.05) is 13.1 Å². The summed E-state index contributed by atoms with van der Waals surface area (Å²) in [5.74, 6) is -1.10. The fourth-order valence-electron chi connectivity index (χ4n) is 2.16. The Kier molecular flexibility index (Phi) is 3.40. The Hall–Kier alpha value is -1.41. The highest BCUT2D eigenvalue weighted by molar-refractivity contribution is 7.89. The molecule has 2 rings (SSSR count). The number of carboxylic acids is 1. The lowest BCUT2D eigenvalue weighted by Gasteiger charge is -2.21. The Labute approximate surface area is 105 Å². The third-order valence-corrected chi connectivity index (χ3v) is 5.00. The zero-order valence-electron chi connectivity index (χ0n) is 9.98. The molecular weight excluding hydrogens is 258 g/mol. The number of aliphatic carboxylic acids is 1. The largest absolute Gasteiger partial charge is 0.480 e. The van der Waals surface area contributed by atoms with Gasteiger partial charge in [0.15, 0.2) is 5.03 Å². The van der Waals surface area contributed by atoms with Crippen LogP contribution in [0.25, 0.3) is 0 Å². The molecule has 1 N–H and O–H groups in total. The van der Waals surface area contributed by atoms with Crippen molar-refractivity contribution in [1.82, 2.24) is 13.9 Å². The van der Waals surface area contributed by atoms with E-state index in [1.165, 1.54) is 17.1 Å². The van der Waals surface area contributed by atoms with Crippen molar-refractivity contribution < 1.29 is 18.3 Å². The fourth-order valence-corrected chi connectivity index (χ4v) is 3.96. The third-order valence-electron chi connectivity index (χ3n) is 3.08. The first-order chi connectivity index (χ1) is 8.48. The van der Waals surface area contributed by atoms with E-state index in [1.807, 2.05) is 0 Å². The van der Waals surface area contributed by atoms with E-state index in [1.54, 1.807) is 6.92 Å². The van der Waals surface area contributed by atoms with Crippen molar-refractivity contribution >= 4 is 16.0 Å². The lowest BCUT2D eigenvalue weighted by atomic mass is 10.2. The van der Waals surface area contributed by atoms with Crippen molar-refractivity contribution in [3.8, 4) is 0 Å². The smallest absolute Gasteiger partial charge is 0.322 e. The number of hydrogen-bond donors (Lipinski definition) is 1. The number of aryl methyl sites for hydroxylation is 1. The molecule has 0 saturated carbocycles. The fraction of sp³-hybridized carbons (Fsp3) is 0.600. The van der Waals surface area contributed by atoms with Gasteiger partial charge in [-0.25, -0.2) is 13.4 Å². The van der Waals surface area contributed by atoms with Crippen LogP contribution in [0, 0.1) is 0 Å². The lowest BCUT2D eigenvalue weighted by molar-refractivity contribution is -0.140. The monoisotopic (exact) mass is 273 g/mol. The second-order valence-electron chi connectivity index (χ2n) is 4.13. The van der Waals surface area contributed by atoms with Crippen LogP contribution in [0.5, 0.6) is 0 Å². The molecule has 1 atom stereocenters. The third kappa shape index (κ3) is 2.01. The van der Waals surface area contributed by atoms with E-state index < -0.39 is 22.0 Å². The highest BCUT2D eigenvalue weighted by Gasteiger charge is 2.40. The Bertz CT molecular complexity index is 551. The molecule has 100 valence electrons. The maximum Gasteiger partial charge on any atom is 0.322 e. The standard InChI is InChI=1S/C10H15N3O4S/c1-2-12-7-11-6-9(12)18(16,17)13-5-3-4-8(13)10(14)15/h6-8H,2-5H2,1H3,(H,14,15)/t8-/m0/s1. The molecule has 0 unspecified atom stereocenters. The number of carboxylic acid groups (broad SMARTS) is 1. The van der Waals surface area contributed by atoms with Gasteiger partial charge in [0.25, 0.3) is 10.0 Å². The van der Waals surface area contributed by atoms with Crippen molar-refractivity contribution in [2.24, 2.45) is 0 Å². The summed E-state index contributed by atoms with van der Waals surface area (Å²) in [6.07, 6.45) is 3.61. The van der Waals surface area contributed by atoms with Crippen LogP contribution >= 0.6 is 0 Å². The molecule has 1 aromatic heterocycles. The quantitative estimate of drug-likeness (QED) is 0.842. The summed E-state index contributed by atoms with van der Waals surface area (Å²) >= 11 is 0. The number of hydrogen-bond acceptors (Lipinski definition) is 4. The molecular formula is C10H15N3O4S. The van der Waals surface area contributed by atoms with Crippen molar-refractivity contribution in [1.29, 1.82) is 0 Å². The zero-order valence-corrected chi connectivity index (χ0v) is 10.8. The molecule has 7 nitrogen and oxygen atoms in total. The topological polar surface area (TPSA) is 92.5 Å². The van der Waals surface area contributed by atoms with E-state index in [0.29, 0.717) is 19.4 Å². The minimum atomic E-state index is -3.78. The molecule has 8 heteroatoms. The molecule has 0 aliphatic carbocycles. The maximum absolute atomic E-state index is 12.4. The van der Waals surface area contributed by atoms with E-state index >= 15 is 0 Å². The highest BCUT2D eigenvalue weighted by Crippen LogP contribution is 2.26. The predicted octanol–water partition coefficient (Wildman–Crippen LogP) is 0.141. The normalized spacial score (nSPS) is 21.3. The first kappa shape index (κ1) is 13.0. The van der Waals surface area contributed by atoms with Crippen LogP contribution in [0.1, 0.15) is 19.8 Å². The van der Waals surface area contributed by atoms with Crippen molar-refractivity contribution in [3.05, 3.63) is 12.5 Å². The van der Waals surface area contributed by atoms with Crippen LogP contribution in [0.15, 0.2) is 17.6 Å². The Balaban J connectivity index is 2.40. The molecule has 0 bridgehead atoms. The molecule has 0 radical (unpaired) electrons. The van der Waals surface area contributed by atoms with Crippen LogP contribution in [-0.4, -0.2) is 45.9 Å². The minimum Gasteiger partial charge on any atom is -0.480 e. The molecule has 0 amide bonds. The summed E-state index contributed by atoms with van der Waals surface area (Å²) < 4.78 is 27.3. The molecule has 2 heterocycles. The van der Waals surface area contributed by atoms with E-state index in [4.69, 9.17) is 5.11 Å². The Morgan fingerprint density at radius 1 is 1.61 bits per heavy atom. The molecule has 18 heavy (non-hydrogen) atoms. The number of sulfonamides is 1. The number of rotatable bonds is 4. The molecule has 0 aromatic carbocycles. The summed E-state index contributed by atoms with van der Waals surface area (Å²) in [6.45, 7) is 2.52. The summed E-state index contributed by atoms with van der Waals surface area (Å²) in [7, 11) is -3.78. The molecule has 1 aromatic rings. The van der Waals surface area contributed by atoms with Gasteiger partial charge in [-0.05, 0) is 19.8 Å². The average molecular weight is 273 g/mol. The molecule has 1 fully saturated rings. The van der Waals surface area contributed by atoms with Crippen LogP contribution in [0.4, 0.5) is 0 Å². The van der Waals surface area contributed by atoms with Crippen molar-refractivity contribution in [3.63, 3.8) is 0 Å². The average Bonchev–Trinajstić information content (AvgIpc) is 2.98. The van der Waals surface area contributed by atoms with Gasteiger partial charge < -0.3 is 9.67 Å². The number of nitrogens with zero attached hydrogens (tertiary/aromatic N) is 3. The number of aromatic nitrogens is 2. The molecule has 1 aliphatic rings. The van der Waals surface area contributed by atoms with Crippen LogP contribution in [0.3, 0.4) is 0 Å². The minimum absolute atomic E-state index is 0.0538. The van der Waals surface area contributed by atoms with Gasteiger partial charge in [-0.3, -0.25) is 4.79 Å². The zero-order chi connectivity index (χ0) is 13.3. The van der Waals surface area contributed by atoms with Gasteiger partial charge in [-0.1, -0.05) is 0 Å². The molecule has 0 spiro atoms. The van der Waals surface area contributed by atoms with Crippen LogP contribution in [-0.2, 0) is 21.4 Å². The Morgan fingerprint density at radius 2 is 2.33 bits per heavy atom. The van der Waals surface area contributed by atoms with E-state index in [0.717, 1.165) is 4.31 Å². The number of carbonyl (C=O) groups is 1. The van der Waals surface area contributed by atoms with Gasteiger partial charge in [0.1, 0.15) is 6.04 Å². The number of imidazole rings is 1. The van der Waals surface area contributed by atoms with Gasteiger partial charge in [-0.2, -0.15) is 4.31 Å². The Morgan fingerprint density at radius 3 is 2.94 bits per heavy atom. The summed E-state index contributed by atoms with van der Waals surface area (Å²) in [4.78, 5) is 14.9. The summed E-state index contributed by atoms with van der Waals surface area (Å²) in [6, 6.07) is -0.963. The predicted molar refractivity (Wildman–Crippen MR) is 62.5 cm³/mol. The van der Waals surface area contributed by atoms with Gasteiger partial charge in [0.2, 0.25) is 0 Å². The SMILES string of the molecule is CCn1cncc1S(=O)(=O)N1CCC[C@H]1C(=O)O. The van der Waals surface area contributed by atoms with E-state index in [9.17, 15) is 13.2 Å².